The number of piperidine rings is 1. The van der Waals surface area contributed by atoms with Crippen molar-refractivity contribution in [1.82, 2.24) is 10.2 Å². The number of aliphatic hydroxyl groups is 1. The Morgan fingerprint density at radius 3 is 2.51 bits per heavy atom. The van der Waals surface area contributed by atoms with E-state index < -0.39 is 23.6 Å². The molecule has 1 aliphatic heterocycles. The molecule has 2 aromatic rings. The molecule has 0 radical (unpaired) electrons. The van der Waals surface area contributed by atoms with Crippen LogP contribution in [0.4, 0.5) is 13.2 Å². The number of carbonyl (C=O) groups is 1. The van der Waals surface area contributed by atoms with Crippen molar-refractivity contribution in [2.24, 2.45) is 5.92 Å². The minimum absolute atomic E-state index is 0.0283. The van der Waals surface area contributed by atoms with Gasteiger partial charge in [0.05, 0.1) is 13.2 Å². The Bertz CT molecular complexity index is 1040. The highest BCUT2D eigenvalue weighted by Crippen LogP contribution is 2.32. The summed E-state index contributed by atoms with van der Waals surface area (Å²) in [6, 6.07) is 9.61. The lowest BCUT2D eigenvalue weighted by atomic mass is 9.86. The zero-order valence-corrected chi connectivity index (χ0v) is 19.7. The molecule has 0 aromatic heterocycles. The Morgan fingerprint density at radius 2 is 1.86 bits per heavy atom. The molecule has 188 valence electrons. The van der Waals surface area contributed by atoms with Gasteiger partial charge in [0, 0.05) is 31.1 Å². The maximum absolute atomic E-state index is 13.3. The quantitative estimate of drug-likeness (QED) is 0.452. The molecule has 8 heteroatoms. The van der Waals surface area contributed by atoms with E-state index in [9.17, 15) is 23.1 Å². The number of likely N-dealkylation sites (tertiary alicyclic amines) is 1. The third-order valence-electron chi connectivity index (χ3n) is 7.05. The van der Waals surface area contributed by atoms with Crippen molar-refractivity contribution in [3.05, 3.63) is 71.1 Å². The first-order chi connectivity index (χ1) is 16.8. The highest BCUT2D eigenvalue weighted by Gasteiger charge is 2.32. The molecule has 2 aliphatic rings. The lowest BCUT2D eigenvalue weighted by molar-refractivity contribution is -0.117. The van der Waals surface area contributed by atoms with Gasteiger partial charge < -0.3 is 20.1 Å². The predicted molar refractivity (Wildman–Crippen MR) is 127 cm³/mol. The lowest BCUT2D eigenvalue weighted by Gasteiger charge is -2.37. The number of amides is 1. The number of rotatable bonds is 7. The normalized spacial score (nSPS) is 25.2. The zero-order valence-electron chi connectivity index (χ0n) is 19.7. The van der Waals surface area contributed by atoms with Gasteiger partial charge in [-0.15, -0.1) is 0 Å². The summed E-state index contributed by atoms with van der Waals surface area (Å²) in [5.41, 5.74) is 1.21. The van der Waals surface area contributed by atoms with Crippen molar-refractivity contribution >= 4 is 12.0 Å². The van der Waals surface area contributed by atoms with E-state index in [1.807, 2.05) is 24.3 Å². The van der Waals surface area contributed by atoms with E-state index in [-0.39, 0.29) is 23.4 Å². The van der Waals surface area contributed by atoms with Crippen LogP contribution >= 0.6 is 0 Å². The van der Waals surface area contributed by atoms with Gasteiger partial charge in [0.2, 0.25) is 5.91 Å². The van der Waals surface area contributed by atoms with Gasteiger partial charge >= 0.3 is 0 Å². The Hall–Kier alpha value is -2.84. The van der Waals surface area contributed by atoms with E-state index in [1.165, 1.54) is 12.2 Å². The number of β-amino-alcohol motifs (C(OH)–C–C–N with tert-alkyl or cyclic N) is 1. The number of hydrogen-bond acceptors (Lipinski definition) is 4. The van der Waals surface area contributed by atoms with Crippen LogP contribution in [-0.4, -0.2) is 54.8 Å². The number of benzene rings is 2. The van der Waals surface area contributed by atoms with Crippen molar-refractivity contribution in [2.45, 2.75) is 43.7 Å². The van der Waals surface area contributed by atoms with Gasteiger partial charge in [-0.3, -0.25) is 4.79 Å². The molecule has 1 aliphatic carbocycles. The summed E-state index contributed by atoms with van der Waals surface area (Å²) in [5, 5.41) is 13.7. The maximum Gasteiger partial charge on any atom is 0.244 e. The summed E-state index contributed by atoms with van der Waals surface area (Å²) >= 11 is 0. The number of aliphatic hydroxyl groups excluding tert-OH is 1. The van der Waals surface area contributed by atoms with Crippen molar-refractivity contribution in [3.63, 3.8) is 0 Å². The average Bonchev–Trinajstić information content (AvgIpc) is 3.27. The molecule has 2 N–H and O–H groups in total. The van der Waals surface area contributed by atoms with Crippen LogP contribution in [-0.2, 0) is 4.79 Å². The smallest absolute Gasteiger partial charge is 0.244 e. The number of nitrogens with zero attached hydrogens (tertiary/aromatic N) is 1. The van der Waals surface area contributed by atoms with Crippen LogP contribution in [0.25, 0.3) is 6.08 Å². The summed E-state index contributed by atoms with van der Waals surface area (Å²) in [4.78, 5) is 14.6. The van der Waals surface area contributed by atoms with Crippen LogP contribution in [0.2, 0.25) is 0 Å². The molecule has 2 aromatic carbocycles. The Labute approximate surface area is 203 Å². The van der Waals surface area contributed by atoms with E-state index in [0.717, 1.165) is 62.2 Å². The molecule has 1 saturated heterocycles. The summed E-state index contributed by atoms with van der Waals surface area (Å²) in [6.45, 7) is 2.41. The molecule has 0 unspecified atom stereocenters. The van der Waals surface area contributed by atoms with Crippen LogP contribution in [0.3, 0.4) is 0 Å². The molecular weight excluding hydrogens is 457 g/mol. The largest absolute Gasteiger partial charge is 0.497 e. The summed E-state index contributed by atoms with van der Waals surface area (Å²) in [5.74, 6) is -3.12. The molecular formula is C27H31F3N2O3. The van der Waals surface area contributed by atoms with Gasteiger partial charge in [-0.25, -0.2) is 13.2 Å². The minimum atomic E-state index is -1.53. The predicted octanol–water partition coefficient (Wildman–Crippen LogP) is 4.26. The molecule has 2 fully saturated rings. The van der Waals surface area contributed by atoms with E-state index in [2.05, 4.69) is 10.2 Å². The standard InChI is InChI=1S/C27H31F3N2O3/c1-35-21-7-4-19(5-8-21)22-10-11-32(16-25(22)33)15-18-2-6-20(12-18)31-26(34)9-3-17-13-23(28)27(30)24(29)14-17/h3-5,7-9,13-14,18,20,22,25,33H,2,6,10-12,15-16H2,1H3,(H,31,34)/b9-3+/t18-,20+,22-,25+/m1/s1. The van der Waals surface area contributed by atoms with E-state index in [0.29, 0.717) is 12.5 Å². The Kier molecular flexibility index (Phi) is 8.13. The first kappa shape index (κ1) is 25.3. The number of hydrogen-bond donors (Lipinski definition) is 2. The number of ether oxygens (including phenoxy) is 1. The first-order valence-corrected chi connectivity index (χ1v) is 12.0. The summed E-state index contributed by atoms with van der Waals surface area (Å²) in [6.07, 6.45) is 5.61. The van der Waals surface area contributed by atoms with Gasteiger partial charge in [0.25, 0.3) is 0 Å². The molecule has 0 bridgehead atoms. The molecule has 0 spiro atoms. The van der Waals surface area contributed by atoms with Crippen molar-refractivity contribution in [1.29, 1.82) is 0 Å². The van der Waals surface area contributed by atoms with Crippen molar-refractivity contribution in [2.75, 3.05) is 26.7 Å². The van der Waals surface area contributed by atoms with E-state index >= 15 is 0 Å². The van der Waals surface area contributed by atoms with Crippen molar-refractivity contribution < 1.29 is 27.8 Å². The molecule has 1 saturated carbocycles. The average molecular weight is 489 g/mol. The van der Waals surface area contributed by atoms with Crippen LogP contribution < -0.4 is 10.1 Å². The third-order valence-corrected chi connectivity index (χ3v) is 7.05. The fraction of sp³-hybridized carbons (Fsp3) is 0.444. The second-order valence-corrected chi connectivity index (χ2v) is 9.51. The van der Waals surface area contributed by atoms with Gasteiger partial charge in [-0.1, -0.05) is 12.1 Å². The lowest BCUT2D eigenvalue weighted by Crippen LogP contribution is -2.44. The number of methoxy groups -OCH3 is 1. The Morgan fingerprint density at radius 1 is 1.14 bits per heavy atom. The van der Waals surface area contributed by atoms with E-state index in [4.69, 9.17) is 4.74 Å². The number of nitrogens with one attached hydrogen (secondary N) is 1. The van der Waals surface area contributed by atoms with Gasteiger partial charge in [0.1, 0.15) is 5.75 Å². The maximum atomic E-state index is 13.3. The SMILES string of the molecule is COc1ccc([C@H]2CCN(C[C@@H]3CC[C@H](NC(=O)/C=C/c4cc(F)c(F)c(F)c4)C3)C[C@@H]2O)cc1. The second-order valence-electron chi connectivity index (χ2n) is 9.51. The molecule has 5 nitrogen and oxygen atoms in total. The first-order valence-electron chi connectivity index (χ1n) is 12.0. The molecule has 4 atom stereocenters. The van der Waals surface area contributed by atoms with Gasteiger partial charge in [-0.2, -0.15) is 0 Å². The van der Waals surface area contributed by atoms with Gasteiger partial charge in [-0.05, 0) is 79.6 Å². The fourth-order valence-electron chi connectivity index (χ4n) is 5.23. The monoisotopic (exact) mass is 488 g/mol. The number of halogens is 3. The van der Waals surface area contributed by atoms with E-state index in [1.54, 1.807) is 7.11 Å². The highest BCUT2D eigenvalue weighted by molar-refractivity contribution is 5.91. The zero-order chi connectivity index (χ0) is 24.9. The molecule has 4 rings (SSSR count). The second kappa shape index (κ2) is 11.3. The van der Waals surface area contributed by atoms with Crippen LogP contribution in [0.5, 0.6) is 5.75 Å². The summed E-state index contributed by atoms with van der Waals surface area (Å²) < 4.78 is 44.9. The van der Waals surface area contributed by atoms with Crippen LogP contribution in [0, 0.1) is 23.4 Å². The molecule has 35 heavy (non-hydrogen) atoms. The number of carbonyl (C=O) groups excluding carboxylic acids is 1. The fourth-order valence-corrected chi connectivity index (χ4v) is 5.23. The highest BCUT2D eigenvalue weighted by atomic mass is 19.2. The van der Waals surface area contributed by atoms with Crippen LogP contribution in [0.1, 0.15) is 42.7 Å². The topological polar surface area (TPSA) is 61.8 Å². The van der Waals surface area contributed by atoms with Crippen LogP contribution in [0.15, 0.2) is 42.5 Å². The van der Waals surface area contributed by atoms with Crippen molar-refractivity contribution in [3.8, 4) is 5.75 Å². The molecule has 1 amide bonds. The molecule has 1 heterocycles. The minimum Gasteiger partial charge on any atom is -0.497 e. The summed E-state index contributed by atoms with van der Waals surface area (Å²) in [7, 11) is 1.64. The van der Waals surface area contributed by atoms with Gasteiger partial charge in [0.15, 0.2) is 17.5 Å². The Balaban J connectivity index is 1.22. The third kappa shape index (κ3) is 6.44.